The van der Waals surface area contributed by atoms with Crippen molar-refractivity contribution in [1.82, 2.24) is 4.90 Å². The van der Waals surface area contributed by atoms with Gasteiger partial charge in [-0.2, -0.15) is 0 Å². The summed E-state index contributed by atoms with van der Waals surface area (Å²) in [6.45, 7) is 4.38. The monoisotopic (exact) mass is 155 g/mol. The zero-order valence-corrected chi connectivity index (χ0v) is 7.25. The molecule has 2 fully saturated rings. The average molecular weight is 155 g/mol. The smallest absolute Gasteiger partial charge is 0.0998 e. The van der Waals surface area contributed by atoms with Gasteiger partial charge in [0.15, 0.2) is 0 Å². The van der Waals surface area contributed by atoms with Crippen LogP contribution in [0.5, 0.6) is 0 Å². The van der Waals surface area contributed by atoms with Gasteiger partial charge in [0.1, 0.15) is 0 Å². The van der Waals surface area contributed by atoms with Crippen LogP contribution in [0.3, 0.4) is 0 Å². The van der Waals surface area contributed by atoms with Crippen molar-refractivity contribution in [2.45, 2.75) is 44.8 Å². The van der Waals surface area contributed by atoms with Crippen LogP contribution in [0, 0.1) is 0 Å². The summed E-state index contributed by atoms with van der Waals surface area (Å²) in [6, 6.07) is 0.758. The minimum absolute atomic E-state index is 0.537. The third-order valence-electron chi connectivity index (χ3n) is 2.95. The molecule has 2 saturated heterocycles. The van der Waals surface area contributed by atoms with Gasteiger partial charge in [0.05, 0.1) is 12.8 Å². The van der Waals surface area contributed by atoms with Gasteiger partial charge in [-0.05, 0) is 19.3 Å². The minimum atomic E-state index is 0.537. The van der Waals surface area contributed by atoms with Crippen molar-refractivity contribution < 1.29 is 4.74 Å². The van der Waals surface area contributed by atoms with Gasteiger partial charge in [0, 0.05) is 12.6 Å². The van der Waals surface area contributed by atoms with E-state index in [4.69, 9.17) is 4.74 Å². The first-order chi connectivity index (χ1) is 5.42. The number of hydrogen-bond acceptors (Lipinski definition) is 2. The SMILES string of the molecule is CC[C@H]1OCN2CCCC[C@@H]12. The molecule has 0 aliphatic carbocycles. The first kappa shape index (κ1) is 7.56. The van der Waals surface area contributed by atoms with E-state index in [1.165, 1.54) is 32.2 Å². The molecule has 0 N–H and O–H groups in total. The Bertz CT molecular complexity index is 132. The van der Waals surface area contributed by atoms with Crippen molar-refractivity contribution in [2.75, 3.05) is 13.3 Å². The average Bonchev–Trinajstić information content (AvgIpc) is 2.47. The molecule has 2 nitrogen and oxygen atoms in total. The van der Waals surface area contributed by atoms with Gasteiger partial charge < -0.3 is 4.74 Å². The van der Waals surface area contributed by atoms with E-state index in [2.05, 4.69) is 11.8 Å². The molecule has 0 spiro atoms. The molecule has 2 atom stereocenters. The number of nitrogens with zero attached hydrogens (tertiary/aromatic N) is 1. The summed E-state index contributed by atoms with van der Waals surface area (Å²) in [7, 11) is 0. The summed E-state index contributed by atoms with van der Waals surface area (Å²) in [4.78, 5) is 2.50. The maximum atomic E-state index is 5.68. The van der Waals surface area contributed by atoms with E-state index in [-0.39, 0.29) is 0 Å². The molecular weight excluding hydrogens is 138 g/mol. The third-order valence-corrected chi connectivity index (χ3v) is 2.95. The summed E-state index contributed by atoms with van der Waals surface area (Å²) in [5.74, 6) is 0. The van der Waals surface area contributed by atoms with Gasteiger partial charge in [0.2, 0.25) is 0 Å². The summed E-state index contributed by atoms with van der Waals surface area (Å²) in [5.41, 5.74) is 0. The standard InChI is InChI=1S/C9H17NO/c1-2-9-8-5-3-4-6-10(8)7-11-9/h8-9H,2-7H2,1H3/t8-,9+/m0/s1. The number of piperidine rings is 1. The molecule has 0 aromatic carbocycles. The molecule has 11 heavy (non-hydrogen) atoms. The number of fused-ring (bicyclic) bond motifs is 1. The van der Waals surface area contributed by atoms with E-state index in [1.807, 2.05) is 0 Å². The molecule has 0 amide bonds. The van der Waals surface area contributed by atoms with Gasteiger partial charge in [-0.3, -0.25) is 4.90 Å². The highest BCUT2D eigenvalue weighted by molar-refractivity contribution is 4.86. The van der Waals surface area contributed by atoms with Gasteiger partial charge >= 0.3 is 0 Å². The molecule has 0 aromatic heterocycles. The lowest BCUT2D eigenvalue weighted by atomic mass is 9.98. The highest BCUT2D eigenvalue weighted by atomic mass is 16.5. The Morgan fingerprint density at radius 2 is 2.36 bits per heavy atom. The quantitative estimate of drug-likeness (QED) is 0.570. The second-order valence-corrected chi connectivity index (χ2v) is 3.62. The van der Waals surface area contributed by atoms with E-state index in [1.54, 1.807) is 0 Å². The van der Waals surface area contributed by atoms with Crippen molar-refractivity contribution >= 4 is 0 Å². The molecule has 2 heterocycles. The summed E-state index contributed by atoms with van der Waals surface area (Å²) >= 11 is 0. The van der Waals surface area contributed by atoms with E-state index < -0.39 is 0 Å². The fourth-order valence-corrected chi connectivity index (χ4v) is 2.29. The highest BCUT2D eigenvalue weighted by Crippen LogP contribution is 2.27. The Balaban J connectivity index is 1.98. The van der Waals surface area contributed by atoms with Crippen LogP contribution in [0.1, 0.15) is 32.6 Å². The summed E-state index contributed by atoms with van der Waals surface area (Å²) < 4.78 is 5.68. The lowest BCUT2D eigenvalue weighted by Gasteiger charge is -2.29. The van der Waals surface area contributed by atoms with Gasteiger partial charge in [0.25, 0.3) is 0 Å². The minimum Gasteiger partial charge on any atom is -0.361 e. The lowest BCUT2D eigenvalue weighted by molar-refractivity contribution is 0.0874. The Labute approximate surface area is 68.5 Å². The highest BCUT2D eigenvalue weighted by Gasteiger charge is 2.34. The van der Waals surface area contributed by atoms with Crippen molar-refractivity contribution in [2.24, 2.45) is 0 Å². The molecule has 2 rings (SSSR count). The van der Waals surface area contributed by atoms with Gasteiger partial charge in [-0.1, -0.05) is 13.3 Å². The second kappa shape index (κ2) is 3.11. The number of rotatable bonds is 1. The van der Waals surface area contributed by atoms with Crippen LogP contribution in [0.2, 0.25) is 0 Å². The van der Waals surface area contributed by atoms with Crippen LogP contribution >= 0.6 is 0 Å². The molecule has 0 bridgehead atoms. The lowest BCUT2D eigenvalue weighted by Crippen LogP contribution is -2.38. The number of ether oxygens (including phenoxy) is 1. The second-order valence-electron chi connectivity index (χ2n) is 3.62. The third kappa shape index (κ3) is 1.30. The molecule has 0 saturated carbocycles. The molecule has 0 unspecified atom stereocenters. The van der Waals surface area contributed by atoms with E-state index in [0.29, 0.717) is 6.10 Å². The van der Waals surface area contributed by atoms with Gasteiger partial charge in [-0.25, -0.2) is 0 Å². The van der Waals surface area contributed by atoms with Crippen molar-refractivity contribution in [1.29, 1.82) is 0 Å². The number of hydrogen-bond donors (Lipinski definition) is 0. The first-order valence-electron chi connectivity index (χ1n) is 4.77. The predicted octanol–water partition coefficient (Wildman–Crippen LogP) is 1.61. The fourth-order valence-electron chi connectivity index (χ4n) is 2.29. The van der Waals surface area contributed by atoms with Crippen LogP contribution in [-0.4, -0.2) is 30.3 Å². The molecule has 2 aliphatic heterocycles. The maximum Gasteiger partial charge on any atom is 0.0998 e. The summed E-state index contributed by atoms with van der Waals surface area (Å²) in [6.07, 6.45) is 5.85. The maximum absolute atomic E-state index is 5.68. The topological polar surface area (TPSA) is 12.5 Å². The van der Waals surface area contributed by atoms with Crippen LogP contribution in [0.15, 0.2) is 0 Å². The zero-order valence-electron chi connectivity index (χ0n) is 7.25. The molecule has 0 aromatic rings. The normalized spacial score (nSPS) is 39.0. The van der Waals surface area contributed by atoms with Crippen molar-refractivity contribution in [3.05, 3.63) is 0 Å². The van der Waals surface area contributed by atoms with E-state index in [0.717, 1.165) is 12.8 Å². The molecular formula is C9H17NO. The van der Waals surface area contributed by atoms with Crippen LogP contribution in [0.25, 0.3) is 0 Å². The van der Waals surface area contributed by atoms with Crippen molar-refractivity contribution in [3.8, 4) is 0 Å². The summed E-state index contributed by atoms with van der Waals surface area (Å²) in [5, 5.41) is 0. The Kier molecular flexibility index (Phi) is 2.14. The zero-order chi connectivity index (χ0) is 7.68. The molecule has 0 radical (unpaired) electrons. The Hall–Kier alpha value is -0.0800. The van der Waals surface area contributed by atoms with E-state index >= 15 is 0 Å². The molecule has 64 valence electrons. The Morgan fingerprint density at radius 3 is 3.18 bits per heavy atom. The predicted molar refractivity (Wildman–Crippen MR) is 44.4 cm³/mol. The molecule has 2 aliphatic rings. The van der Waals surface area contributed by atoms with Crippen LogP contribution in [0.4, 0.5) is 0 Å². The largest absolute Gasteiger partial charge is 0.361 e. The first-order valence-corrected chi connectivity index (χ1v) is 4.77. The van der Waals surface area contributed by atoms with Crippen LogP contribution < -0.4 is 0 Å². The Morgan fingerprint density at radius 1 is 1.45 bits per heavy atom. The fraction of sp³-hybridized carbons (Fsp3) is 1.00. The van der Waals surface area contributed by atoms with Crippen molar-refractivity contribution in [3.63, 3.8) is 0 Å². The van der Waals surface area contributed by atoms with Gasteiger partial charge in [-0.15, -0.1) is 0 Å². The van der Waals surface area contributed by atoms with Crippen LogP contribution in [-0.2, 0) is 4.74 Å². The molecule has 2 heteroatoms. The van der Waals surface area contributed by atoms with E-state index in [9.17, 15) is 0 Å².